The maximum absolute atomic E-state index is 10.2. The number of unbranched alkanes of at least 4 members (excludes halogenated alkanes) is 1. The fourth-order valence-corrected chi connectivity index (χ4v) is 0.576. The predicted molar refractivity (Wildman–Crippen MR) is 38.1 cm³/mol. The van der Waals surface area contributed by atoms with Crippen LogP contribution in [0.1, 0.15) is 19.3 Å². The molecule has 0 saturated carbocycles. The molecule has 0 saturated heterocycles. The fourth-order valence-electron chi connectivity index (χ4n) is 0.576. The van der Waals surface area contributed by atoms with Gasteiger partial charge in [0, 0.05) is 13.5 Å². The first-order chi connectivity index (χ1) is 4.77. The highest BCUT2D eigenvalue weighted by Crippen LogP contribution is 1.92. The lowest BCUT2D eigenvalue weighted by Gasteiger charge is -1.98. The summed E-state index contributed by atoms with van der Waals surface area (Å²) in [5.41, 5.74) is 7.45. The largest absolute Gasteiger partial charge is 0.370 e. The van der Waals surface area contributed by atoms with E-state index in [1.165, 1.54) is 0 Å². The molecule has 0 unspecified atom stereocenters. The Kier molecular flexibility index (Phi) is 6.11. The lowest BCUT2D eigenvalue weighted by molar-refractivity contribution is -0.118. The van der Waals surface area contributed by atoms with Gasteiger partial charge in [-0.1, -0.05) is 0 Å². The number of nitrogens with one attached hydrogen (secondary N) is 1. The molecule has 0 radical (unpaired) electrons. The molecular formula is C6H14N2O2. The quantitative estimate of drug-likeness (QED) is 0.402. The van der Waals surface area contributed by atoms with Crippen molar-refractivity contribution in [1.29, 1.82) is 0 Å². The first kappa shape index (κ1) is 9.39. The number of carbonyl (C=O) groups excluding carboxylic acids is 1. The van der Waals surface area contributed by atoms with Crippen molar-refractivity contribution in [2.45, 2.75) is 19.3 Å². The Morgan fingerprint density at radius 1 is 1.60 bits per heavy atom. The molecule has 10 heavy (non-hydrogen) atoms. The van der Waals surface area contributed by atoms with E-state index in [1.54, 1.807) is 7.05 Å². The van der Waals surface area contributed by atoms with E-state index in [-0.39, 0.29) is 5.91 Å². The number of hydrogen-bond donors (Lipinski definition) is 2. The second kappa shape index (κ2) is 6.51. The Morgan fingerprint density at radius 3 is 2.80 bits per heavy atom. The van der Waals surface area contributed by atoms with Crippen LogP contribution in [0.3, 0.4) is 0 Å². The predicted octanol–water partition coefficient (Wildman–Crippen LogP) is -0.207. The van der Waals surface area contributed by atoms with E-state index in [4.69, 9.17) is 10.6 Å². The summed E-state index contributed by atoms with van der Waals surface area (Å²) in [7, 11) is 1.70. The first-order valence-electron chi connectivity index (χ1n) is 3.34. The van der Waals surface area contributed by atoms with E-state index >= 15 is 0 Å². The van der Waals surface area contributed by atoms with Gasteiger partial charge in [-0.2, -0.15) is 0 Å². The average Bonchev–Trinajstić information content (AvgIpc) is 1.87. The maximum atomic E-state index is 10.2. The highest BCUT2D eigenvalue weighted by molar-refractivity contribution is 5.73. The lowest BCUT2D eigenvalue weighted by atomic mass is 10.2. The summed E-state index contributed by atoms with van der Waals surface area (Å²) in [6, 6.07) is 0. The molecule has 4 nitrogen and oxygen atoms in total. The second-order valence-electron chi connectivity index (χ2n) is 1.98. The minimum atomic E-state index is -0.246. The minimum absolute atomic E-state index is 0.246. The molecule has 3 N–H and O–H groups in total. The van der Waals surface area contributed by atoms with E-state index in [0.29, 0.717) is 13.0 Å². The van der Waals surface area contributed by atoms with Crippen LogP contribution < -0.4 is 11.2 Å². The average molecular weight is 146 g/mol. The van der Waals surface area contributed by atoms with Crippen LogP contribution in [0.15, 0.2) is 0 Å². The van der Waals surface area contributed by atoms with Gasteiger partial charge in [-0.25, -0.2) is 5.48 Å². The normalized spacial score (nSPS) is 9.70. The molecule has 0 aromatic heterocycles. The Labute approximate surface area is 60.7 Å². The van der Waals surface area contributed by atoms with E-state index in [1.807, 2.05) is 0 Å². The summed E-state index contributed by atoms with van der Waals surface area (Å²) in [6.07, 6.45) is 2.12. The van der Waals surface area contributed by atoms with Gasteiger partial charge in [0.15, 0.2) is 0 Å². The van der Waals surface area contributed by atoms with E-state index in [2.05, 4.69) is 5.48 Å². The number of rotatable bonds is 6. The van der Waals surface area contributed by atoms with E-state index in [0.717, 1.165) is 12.8 Å². The number of hydroxylamine groups is 1. The second-order valence-corrected chi connectivity index (χ2v) is 1.98. The fraction of sp³-hybridized carbons (Fsp3) is 0.833. The van der Waals surface area contributed by atoms with Crippen LogP contribution in [0, 0.1) is 0 Å². The summed E-state index contributed by atoms with van der Waals surface area (Å²) in [5.74, 6) is -0.246. The van der Waals surface area contributed by atoms with Gasteiger partial charge in [-0.3, -0.25) is 4.79 Å². The molecule has 0 spiro atoms. The highest BCUT2D eigenvalue weighted by atomic mass is 16.6. The van der Waals surface area contributed by atoms with Gasteiger partial charge in [0.2, 0.25) is 5.91 Å². The maximum Gasteiger partial charge on any atom is 0.217 e. The molecule has 0 aliphatic carbocycles. The standard InChI is InChI=1S/C6H14N2O2/c1-8-10-5-3-2-4-6(7)9/h8H,2-5H2,1H3,(H2,7,9). The highest BCUT2D eigenvalue weighted by Gasteiger charge is 1.92. The molecule has 4 heteroatoms. The van der Waals surface area contributed by atoms with Crippen molar-refractivity contribution in [3.63, 3.8) is 0 Å². The molecule has 1 amide bonds. The van der Waals surface area contributed by atoms with Crippen molar-refractivity contribution in [3.8, 4) is 0 Å². The molecule has 0 aliphatic rings. The van der Waals surface area contributed by atoms with E-state index < -0.39 is 0 Å². The van der Waals surface area contributed by atoms with Crippen LogP contribution in [0.2, 0.25) is 0 Å². The van der Waals surface area contributed by atoms with Gasteiger partial charge < -0.3 is 10.6 Å². The Bertz CT molecular complexity index is 95.7. The smallest absolute Gasteiger partial charge is 0.217 e. The Hall–Kier alpha value is -0.610. The zero-order valence-corrected chi connectivity index (χ0v) is 6.22. The van der Waals surface area contributed by atoms with Crippen LogP contribution in [0.5, 0.6) is 0 Å². The third-order valence-corrected chi connectivity index (χ3v) is 1.06. The lowest BCUT2D eigenvalue weighted by Crippen LogP contribution is -2.11. The molecule has 0 aromatic carbocycles. The minimum Gasteiger partial charge on any atom is -0.370 e. The zero-order valence-electron chi connectivity index (χ0n) is 6.22. The molecule has 60 valence electrons. The van der Waals surface area contributed by atoms with Gasteiger partial charge in [0.25, 0.3) is 0 Å². The number of nitrogens with two attached hydrogens (primary N) is 1. The van der Waals surface area contributed by atoms with Crippen LogP contribution in [-0.4, -0.2) is 19.6 Å². The summed E-state index contributed by atoms with van der Waals surface area (Å²) in [4.78, 5) is 15.0. The van der Waals surface area contributed by atoms with Crippen molar-refractivity contribution in [2.24, 2.45) is 5.73 Å². The molecule has 0 rings (SSSR count). The summed E-state index contributed by atoms with van der Waals surface area (Å²) < 4.78 is 0. The molecular weight excluding hydrogens is 132 g/mol. The van der Waals surface area contributed by atoms with Crippen molar-refractivity contribution in [1.82, 2.24) is 5.48 Å². The van der Waals surface area contributed by atoms with Crippen molar-refractivity contribution >= 4 is 5.91 Å². The Morgan fingerprint density at radius 2 is 2.30 bits per heavy atom. The van der Waals surface area contributed by atoms with Crippen LogP contribution in [0.4, 0.5) is 0 Å². The molecule has 0 atom stereocenters. The molecule has 0 bridgehead atoms. The van der Waals surface area contributed by atoms with Gasteiger partial charge in [-0.15, -0.1) is 0 Å². The van der Waals surface area contributed by atoms with Gasteiger partial charge in [0.1, 0.15) is 0 Å². The third-order valence-electron chi connectivity index (χ3n) is 1.06. The topological polar surface area (TPSA) is 64.3 Å². The number of amides is 1. The zero-order chi connectivity index (χ0) is 7.82. The van der Waals surface area contributed by atoms with Gasteiger partial charge >= 0.3 is 0 Å². The van der Waals surface area contributed by atoms with Crippen LogP contribution in [0.25, 0.3) is 0 Å². The summed E-state index contributed by atoms with van der Waals surface area (Å²) >= 11 is 0. The monoisotopic (exact) mass is 146 g/mol. The summed E-state index contributed by atoms with van der Waals surface area (Å²) in [6.45, 7) is 0.629. The van der Waals surface area contributed by atoms with Gasteiger partial charge in [0.05, 0.1) is 6.61 Å². The SMILES string of the molecule is CNOCCCCC(N)=O. The van der Waals surface area contributed by atoms with Crippen molar-refractivity contribution in [2.75, 3.05) is 13.7 Å². The molecule has 0 aliphatic heterocycles. The molecule has 0 heterocycles. The van der Waals surface area contributed by atoms with Crippen molar-refractivity contribution in [3.05, 3.63) is 0 Å². The molecule has 0 aromatic rings. The molecule has 0 fully saturated rings. The van der Waals surface area contributed by atoms with Gasteiger partial charge in [-0.05, 0) is 12.8 Å². The van der Waals surface area contributed by atoms with Crippen LogP contribution >= 0.6 is 0 Å². The first-order valence-corrected chi connectivity index (χ1v) is 3.34. The van der Waals surface area contributed by atoms with Crippen molar-refractivity contribution < 1.29 is 9.63 Å². The summed E-state index contributed by atoms with van der Waals surface area (Å²) in [5, 5.41) is 0. The number of hydrogen-bond acceptors (Lipinski definition) is 3. The Balaban J connectivity index is 2.84. The van der Waals surface area contributed by atoms with E-state index in [9.17, 15) is 4.79 Å². The third kappa shape index (κ3) is 7.39. The van der Waals surface area contributed by atoms with Crippen LogP contribution in [-0.2, 0) is 9.63 Å². The number of primary amides is 1. The number of carbonyl (C=O) groups is 1.